The summed E-state index contributed by atoms with van der Waals surface area (Å²) in [6.07, 6.45) is 2.21. The van der Waals surface area contributed by atoms with Crippen LogP contribution in [0.2, 0.25) is 0 Å². The maximum atomic E-state index is 12.0. The van der Waals surface area contributed by atoms with E-state index in [2.05, 4.69) is 39.7 Å². The standard InChI is InChI=1S/C14H24N6OS/c1-10(2)13-19-18-11(22-13)8-16-14(15-3)17-9-12(21)20-6-4-5-7-20/h10H,4-9H2,1-3H3,(H2,15,16,17). The zero-order chi connectivity index (χ0) is 15.9. The Hall–Kier alpha value is -1.70. The monoisotopic (exact) mass is 324 g/mol. The number of hydrogen-bond acceptors (Lipinski definition) is 5. The molecule has 0 aromatic carbocycles. The Morgan fingerprint density at radius 2 is 2.05 bits per heavy atom. The number of amides is 1. The molecule has 1 aliphatic heterocycles. The SMILES string of the molecule is CN=C(NCC(=O)N1CCCC1)NCc1nnc(C(C)C)s1. The molecule has 0 unspecified atom stereocenters. The molecule has 0 spiro atoms. The fourth-order valence-corrected chi connectivity index (χ4v) is 2.97. The van der Waals surface area contributed by atoms with E-state index in [0.717, 1.165) is 35.9 Å². The third-order valence-corrected chi connectivity index (χ3v) is 4.70. The molecule has 7 nitrogen and oxygen atoms in total. The molecule has 1 aromatic heterocycles. The van der Waals surface area contributed by atoms with Gasteiger partial charge in [0.05, 0.1) is 13.1 Å². The van der Waals surface area contributed by atoms with Crippen LogP contribution in [0.4, 0.5) is 0 Å². The molecule has 0 atom stereocenters. The number of nitrogens with one attached hydrogen (secondary N) is 2. The van der Waals surface area contributed by atoms with Crippen molar-refractivity contribution in [3.63, 3.8) is 0 Å². The Labute approximate surface area is 135 Å². The quantitative estimate of drug-likeness (QED) is 0.622. The van der Waals surface area contributed by atoms with Gasteiger partial charge in [-0.3, -0.25) is 9.79 Å². The highest BCUT2D eigenvalue weighted by Crippen LogP contribution is 2.18. The van der Waals surface area contributed by atoms with Crippen molar-refractivity contribution in [3.05, 3.63) is 10.0 Å². The number of aliphatic imine (C=N–C) groups is 1. The van der Waals surface area contributed by atoms with Crippen LogP contribution < -0.4 is 10.6 Å². The van der Waals surface area contributed by atoms with Crippen molar-refractivity contribution >= 4 is 23.2 Å². The van der Waals surface area contributed by atoms with Gasteiger partial charge < -0.3 is 15.5 Å². The first-order chi connectivity index (χ1) is 10.6. The van der Waals surface area contributed by atoms with E-state index in [0.29, 0.717) is 18.4 Å². The second-order valence-corrected chi connectivity index (χ2v) is 6.65. The molecule has 8 heteroatoms. The zero-order valence-corrected chi connectivity index (χ0v) is 14.2. The summed E-state index contributed by atoms with van der Waals surface area (Å²) in [6.45, 7) is 6.77. The molecule has 22 heavy (non-hydrogen) atoms. The summed E-state index contributed by atoms with van der Waals surface area (Å²) in [5, 5.41) is 16.5. The lowest BCUT2D eigenvalue weighted by molar-refractivity contribution is -0.128. The van der Waals surface area contributed by atoms with E-state index in [4.69, 9.17) is 0 Å². The second-order valence-electron chi connectivity index (χ2n) is 5.56. The Morgan fingerprint density at radius 1 is 1.32 bits per heavy atom. The summed E-state index contributed by atoms with van der Waals surface area (Å²) < 4.78 is 0. The molecular weight excluding hydrogens is 300 g/mol. The van der Waals surface area contributed by atoms with Crippen molar-refractivity contribution in [2.24, 2.45) is 4.99 Å². The van der Waals surface area contributed by atoms with Crippen molar-refractivity contribution < 1.29 is 4.79 Å². The van der Waals surface area contributed by atoms with E-state index in [-0.39, 0.29) is 12.5 Å². The van der Waals surface area contributed by atoms with Crippen LogP contribution in [0.3, 0.4) is 0 Å². The van der Waals surface area contributed by atoms with Gasteiger partial charge in [-0.25, -0.2) is 0 Å². The van der Waals surface area contributed by atoms with Crippen LogP contribution in [0.15, 0.2) is 4.99 Å². The van der Waals surface area contributed by atoms with E-state index in [1.54, 1.807) is 18.4 Å². The fraction of sp³-hybridized carbons (Fsp3) is 0.714. The smallest absolute Gasteiger partial charge is 0.241 e. The van der Waals surface area contributed by atoms with Crippen LogP contribution >= 0.6 is 11.3 Å². The van der Waals surface area contributed by atoms with Gasteiger partial charge in [0.15, 0.2) is 5.96 Å². The van der Waals surface area contributed by atoms with E-state index in [1.165, 1.54) is 0 Å². The highest BCUT2D eigenvalue weighted by atomic mass is 32.1. The first kappa shape index (κ1) is 16.7. The molecule has 1 saturated heterocycles. The lowest BCUT2D eigenvalue weighted by atomic mass is 10.2. The largest absolute Gasteiger partial charge is 0.350 e. The number of nitrogens with zero attached hydrogens (tertiary/aromatic N) is 4. The first-order valence-electron chi connectivity index (χ1n) is 7.64. The molecule has 0 aliphatic carbocycles. The topological polar surface area (TPSA) is 82.5 Å². The maximum absolute atomic E-state index is 12.0. The second kappa shape index (κ2) is 8.07. The van der Waals surface area contributed by atoms with Crippen LogP contribution in [0.5, 0.6) is 0 Å². The lowest BCUT2D eigenvalue weighted by Gasteiger charge is -2.16. The van der Waals surface area contributed by atoms with Gasteiger partial charge in [-0.15, -0.1) is 10.2 Å². The van der Waals surface area contributed by atoms with Gasteiger partial charge in [-0.05, 0) is 12.8 Å². The highest BCUT2D eigenvalue weighted by Gasteiger charge is 2.17. The average molecular weight is 324 g/mol. The van der Waals surface area contributed by atoms with Crippen LogP contribution in [-0.4, -0.2) is 53.6 Å². The molecule has 1 amide bonds. The van der Waals surface area contributed by atoms with Crippen molar-refractivity contribution in [3.8, 4) is 0 Å². The number of guanidine groups is 1. The van der Waals surface area contributed by atoms with Crippen LogP contribution in [0.1, 0.15) is 42.6 Å². The minimum absolute atomic E-state index is 0.124. The number of carbonyl (C=O) groups excluding carboxylic acids is 1. The Kier molecular flexibility index (Phi) is 6.11. The predicted molar refractivity (Wildman–Crippen MR) is 88.0 cm³/mol. The molecule has 122 valence electrons. The van der Waals surface area contributed by atoms with Gasteiger partial charge in [0, 0.05) is 26.1 Å². The zero-order valence-electron chi connectivity index (χ0n) is 13.4. The van der Waals surface area contributed by atoms with Gasteiger partial charge in [0.1, 0.15) is 10.0 Å². The number of carbonyl (C=O) groups is 1. The molecule has 1 aromatic rings. The van der Waals surface area contributed by atoms with Gasteiger partial charge >= 0.3 is 0 Å². The van der Waals surface area contributed by atoms with E-state index >= 15 is 0 Å². The summed E-state index contributed by atoms with van der Waals surface area (Å²) in [6, 6.07) is 0. The maximum Gasteiger partial charge on any atom is 0.241 e. The predicted octanol–water partition coefficient (Wildman–Crippen LogP) is 0.949. The molecule has 2 rings (SSSR count). The van der Waals surface area contributed by atoms with Gasteiger partial charge in [0.25, 0.3) is 0 Å². The molecule has 0 saturated carbocycles. The molecular formula is C14H24N6OS. The van der Waals surface area contributed by atoms with Gasteiger partial charge in [-0.2, -0.15) is 0 Å². The minimum Gasteiger partial charge on any atom is -0.350 e. The Balaban J connectivity index is 1.75. The molecule has 0 radical (unpaired) electrons. The molecule has 2 N–H and O–H groups in total. The van der Waals surface area contributed by atoms with E-state index in [9.17, 15) is 4.79 Å². The van der Waals surface area contributed by atoms with Crippen LogP contribution in [0, 0.1) is 0 Å². The molecule has 0 bridgehead atoms. The van der Waals surface area contributed by atoms with Crippen LogP contribution in [0.25, 0.3) is 0 Å². The van der Waals surface area contributed by atoms with Crippen LogP contribution in [-0.2, 0) is 11.3 Å². The number of likely N-dealkylation sites (tertiary alicyclic amines) is 1. The number of hydrogen-bond donors (Lipinski definition) is 2. The lowest BCUT2D eigenvalue weighted by Crippen LogP contribution is -2.43. The van der Waals surface area contributed by atoms with Gasteiger partial charge in [-0.1, -0.05) is 25.2 Å². The Bertz CT molecular complexity index is 521. The Morgan fingerprint density at radius 3 is 2.64 bits per heavy atom. The van der Waals surface area contributed by atoms with Gasteiger partial charge in [0.2, 0.25) is 5.91 Å². The molecule has 1 fully saturated rings. The number of rotatable bonds is 5. The summed E-state index contributed by atoms with van der Waals surface area (Å²) in [5.74, 6) is 1.12. The molecule has 2 heterocycles. The molecule has 1 aliphatic rings. The highest BCUT2D eigenvalue weighted by molar-refractivity contribution is 7.11. The van der Waals surface area contributed by atoms with Crippen molar-refractivity contribution in [2.75, 3.05) is 26.7 Å². The number of aromatic nitrogens is 2. The first-order valence-corrected chi connectivity index (χ1v) is 8.46. The summed E-state index contributed by atoms with van der Waals surface area (Å²) in [4.78, 5) is 18.0. The summed E-state index contributed by atoms with van der Waals surface area (Å²) in [7, 11) is 1.69. The fourth-order valence-electron chi connectivity index (χ4n) is 2.19. The summed E-state index contributed by atoms with van der Waals surface area (Å²) in [5.41, 5.74) is 0. The van der Waals surface area contributed by atoms with E-state index in [1.807, 2.05) is 4.90 Å². The van der Waals surface area contributed by atoms with Crippen molar-refractivity contribution in [1.82, 2.24) is 25.7 Å². The third-order valence-electron chi connectivity index (χ3n) is 3.47. The van der Waals surface area contributed by atoms with Crippen molar-refractivity contribution in [2.45, 2.75) is 39.2 Å². The van der Waals surface area contributed by atoms with E-state index < -0.39 is 0 Å². The third kappa shape index (κ3) is 4.66. The van der Waals surface area contributed by atoms with Crippen molar-refractivity contribution in [1.29, 1.82) is 0 Å². The summed E-state index contributed by atoms with van der Waals surface area (Å²) >= 11 is 1.60. The normalized spacial score (nSPS) is 15.5. The average Bonchev–Trinajstić information content (AvgIpc) is 3.18. The minimum atomic E-state index is 0.124.